The van der Waals surface area contributed by atoms with Crippen LogP contribution in [0.1, 0.15) is 18.0 Å². The Kier molecular flexibility index (Phi) is 5.81. The largest absolute Gasteiger partial charge is 0.504 e. The quantitative estimate of drug-likeness (QED) is 0.249. The molecule has 5 rings (SSSR count). The van der Waals surface area contributed by atoms with Crippen molar-refractivity contribution < 1.29 is 19.4 Å². The number of carbonyl (C=O) groups is 2. The van der Waals surface area contributed by atoms with Crippen LogP contribution in [0.15, 0.2) is 45.5 Å². The Morgan fingerprint density at radius 3 is 2.58 bits per heavy atom. The molecule has 3 heterocycles. The molecule has 3 aliphatic rings. The molecule has 0 unspecified atom stereocenters. The SMILES string of the molecule is COc1cc(C=C[C@H]2C3=CCn4c(=O)n(C)c(=O)n4[C@@H]3C[C@@]3(Cl)C(=O)N(CBr)C(=O)[C@@]23Cl)ccc1O. The summed E-state index contributed by atoms with van der Waals surface area (Å²) in [6.45, 7) is 0.0880. The summed E-state index contributed by atoms with van der Waals surface area (Å²) in [7, 11) is 2.80. The summed E-state index contributed by atoms with van der Waals surface area (Å²) >= 11 is 17.2. The van der Waals surface area contributed by atoms with Gasteiger partial charge in [-0.15, -0.1) is 23.2 Å². The lowest BCUT2D eigenvalue weighted by molar-refractivity contribution is -0.138. The van der Waals surface area contributed by atoms with Crippen molar-refractivity contribution in [2.75, 3.05) is 12.6 Å². The van der Waals surface area contributed by atoms with Crippen molar-refractivity contribution in [1.82, 2.24) is 18.8 Å². The number of ether oxygens (including phenoxy) is 1. The zero-order chi connectivity index (χ0) is 26.2. The molecular weight excluding hydrogens is 579 g/mol. The molecule has 0 radical (unpaired) electrons. The van der Waals surface area contributed by atoms with Crippen molar-refractivity contribution in [2.24, 2.45) is 13.0 Å². The van der Waals surface area contributed by atoms with Crippen LogP contribution in [0.5, 0.6) is 11.5 Å². The highest BCUT2D eigenvalue weighted by atomic mass is 79.9. The van der Waals surface area contributed by atoms with E-state index in [9.17, 15) is 24.3 Å². The number of likely N-dealkylation sites (tertiary alicyclic amines) is 1. The van der Waals surface area contributed by atoms with E-state index >= 15 is 0 Å². The van der Waals surface area contributed by atoms with Crippen LogP contribution in [0.4, 0.5) is 0 Å². The lowest BCUT2D eigenvalue weighted by atomic mass is 9.66. The van der Waals surface area contributed by atoms with Gasteiger partial charge in [-0.2, -0.15) is 0 Å². The van der Waals surface area contributed by atoms with Crippen LogP contribution < -0.4 is 16.1 Å². The van der Waals surface area contributed by atoms with Crippen LogP contribution in [0.25, 0.3) is 6.08 Å². The Morgan fingerprint density at radius 1 is 1.19 bits per heavy atom. The molecule has 2 aromatic rings. The third-order valence-electron chi connectivity index (χ3n) is 7.21. The van der Waals surface area contributed by atoms with Crippen molar-refractivity contribution in [2.45, 2.75) is 28.8 Å². The molecule has 2 fully saturated rings. The van der Waals surface area contributed by atoms with Gasteiger partial charge in [0.1, 0.15) is 0 Å². The number of imide groups is 1. The Bertz CT molecular complexity index is 1490. The van der Waals surface area contributed by atoms with E-state index in [2.05, 4.69) is 15.9 Å². The molecule has 1 aromatic heterocycles. The monoisotopic (exact) mass is 598 g/mol. The zero-order valence-corrected chi connectivity index (χ0v) is 22.2. The molecule has 4 atom stereocenters. The van der Waals surface area contributed by atoms with Gasteiger partial charge in [-0.1, -0.05) is 40.2 Å². The molecule has 1 N–H and O–H groups in total. The Balaban J connectivity index is 1.71. The van der Waals surface area contributed by atoms with E-state index in [1.54, 1.807) is 30.4 Å². The molecule has 1 saturated heterocycles. The van der Waals surface area contributed by atoms with E-state index in [4.69, 9.17) is 27.9 Å². The molecule has 1 saturated carbocycles. The number of halogens is 3. The third-order valence-corrected chi connectivity index (χ3v) is 9.15. The minimum absolute atomic E-state index is 0.0399. The summed E-state index contributed by atoms with van der Waals surface area (Å²) in [5, 5.41) is 9.92. The first-order valence-corrected chi connectivity index (χ1v) is 12.8. The predicted molar refractivity (Wildman–Crippen MR) is 136 cm³/mol. The van der Waals surface area contributed by atoms with Crippen molar-refractivity contribution in [3.8, 4) is 11.5 Å². The fourth-order valence-electron chi connectivity index (χ4n) is 5.38. The minimum atomic E-state index is -1.88. The fraction of sp³-hybridized carbons (Fsp3) is 0.391. The minimum Gasteiger partial charge on any atom is -0.504 e. The number of hydrogen-bond acceptors (Lipinski definition) is 6. The molecule has 13 heteroatoms. The number of aromatic nitrogens is 3. The van der Waals surface area contributed by atoms with Crippen LogP contribution in [0, 0.1) is 5.92 Å². The van der Waals surface area contributed by atoms with E-state index in [0.29, 0.717) is 11.1 Å². The second kappa shape index (κ2) is 8.39. The number of fused-ring (bicyclic) bond motifs is 4. The predicted octanol–water partition coefficient (Wildman–Crippen LogP) is 1.95. The first-order chi connectivity index (χ1) is 17.0. The van der Waals surface area contributed by atoms with Gasteiger partial charge in [-0.25, -0.2) is 23.5 Å². The zero-order valence-electron chi connectivity index (χ0n) is 19.2. The van der Waals surface area contributed by atoms with Gasteiger partial charge < -0.3 is 9.84 Å². The summed E-state index contributed by atoms with van der Waals surface area (Å²) in [4.78, 5) is 49.8. The third kappa shape index (κ3) is 3.08. The smallest absolute Gasteiger partial charge is 0.347 e. The molecule has 1 aromatic carbocycles. The van der Waals surface area contributed by atoms with E-state index in [0.717, 1.165) is 9.47 Å². The van der Waals surface area contributed by atoms with Gasteiger partial charge in [-0.3, -0.25) is 14.5 Å². The van der Waals surface area contributed by atoms with E-state index in [1.807, 2.05) is 0 Å². The molecule has 1 aliphatic carbocycles. The van der Waals surface area contributed by atoms with Crippen molar-refractivity contribution in [3.63, 3.8) is 0 Å². The first-order valence-electron chi connectivity index (χ1n) is 10.9. The summed E-state index contributed by atoms with van der Waals surface area (Å²) in [6, 6.07) is 3.93. The number of hydrogen-bond donors (Lipinski definition) is 1. The van der Waals surface area contributed by atoms with Gasteiger partial charge in [0.15, 0.2) is 21.2 Å². The first kappa shape index (κ1) is 24.9. The highest BCUT2D eigenvalue weighted by molar-refractivity contribution is 9.09. The van der Waals surface area contributed by atoms with Crippen molar-refractivity contribution in [1.29, 1.82) is 0 Å². The maximum Gasteiger partial charge on any atom is 0.347 e. The highest BCUT2D eigenvalue weighted by Gasteiger charge is 2.74. The number of methoxy groups -OCH3 is 1. The Hall–Kier alpha value is -2.76. The molecule has 190 valence electrons. The van der Waals surface area contributed by atoms with Crippen LogP contribution in [-0.4, -0.2) is 58.1 Å². The number of amides is 2. The topological polar surface area (TPSA) is 116 Å². The molecule has 10 nitrogen and oxygen atoms in total. The Labute approximate surface area is 223 Å². The normalized spacial score (nSPS) is 29.2. The number of phenolic OH excluding ortho intramolecular Hbond substituents is 1. The second-order valence-corrected chi connectivity index (χ2v) is 10.7. The van der Waals surface area contributed by atoms with Crippen LogP contribution in [-0.2, 0) is 23.2 Å². The molecule has 0 spiro atoms. The molecule has 36 heavy (non-hydrogen) atoms. The number of allylic oxidation sites excluding steroid dienone is 3. The maximum absolute atomic E-state index is 13.5. The van der Waals surface area contributed by atoms with Gasteiger partial charge >= 0.3 is 11.4 Å². The van der Waals surface area contributed by atoms with E-state index in [-0.39, 0.29) is 29.9 Å². The Morgan fingerprint density at radius 2 is 1.92 bits per heavy atom. The number of carbonyl (C=O) groups excluding carboxylic acids is 2. The van der Waals surface area contributed by atoms with E-state index in [1.165, 1.54) is 29.6 Å². The summed E-state index contributed by atoms with van der Waals surface area (Å²) < 4.78 is 8.73. The van der Waals surface area contributed by atoms with Crippen molar-refractivity contribution >= 4 is 57.0 Å². The average Bonchev–Trinajstić information content (AvgIpc) is 3.17. The average molecular weight is 600 g/mol. The molecule has 0 bridgehead atoms. The maximum atomic E-state index is 13.5. The second-order valence-electron chi connectivity index (χ2n) is 8.91. The fourth-order valence-corrected chi connectivity index (χ4v) is 6.74. The van der Waals surface area contributed by atoms with Crippen molar-refractivity contribution in [3.05, 3.63) is 62.5 Å². The molecular formula is C23H21BrCl2N4O6. The van der Waals surface area contributed by atoms with Crippen LogP contribution >= 0.6 is 39.1 Å². The number of phenols is 1. The lowest BCUT2D eigenvalue weighted by Gasteiger charge is -2.47. The summed E-state index contributed by atoms with van der Waals surface area (Å²) in [5.74, 6) is -2.01. The van der Waals surface area contributed by atoms with Gasteiger partial charge in [0.25, 0.3) is 11.8 Å². The number of alkyl halides is 3. The van der Waals surface area contributed by atoms with Crippen LogP contribution in [0.3, 0.4) is 0 Å². The van der Waals surface area contributed by atoms with Gasteiger partial charge in [0, 0.05) is 19.4 Å². The number of rotatable bonds is 4. The number of nitrogens with zero attached hydrogens (tertiary/aromatic N) is 4. The van der Waals surface area contributed by atoms with Crippen LogP contribution in [0.2, 0.25) is 0 Å². The highest BCUT2D eigenvalue weighted by Crippen LogP contribution is 2.60. The molecule has 2 amide bonds. The van der Waals surface area contributed by atoms with Gasteiger partial charge in [-0.05, 0) is 23.3 Å². The summed E-state index contributed by atoms with van der Waals surface area (Å²) in [5.41, 5.74) is 0.0813. The lowest BCUT2D eigenvalue weighted by Crippen LogP contribution is -2.60. The number of benzene rings is 1. The van der Waals surface area contributed by atoms with Gasteiger partial charge in [0.05, 0.1) is 25.2 Å². The van der Waals surface area contributed by atoms with E-state index < -0.39 is 44.9 Å². The standard InChI is InChI=1S/C23H21BrCl2N4O6/c1-27-20(34)29-8-7-13-14(5-3-12-4-6-16(31)17(9-12)36-2)23(26)19(33)28(11-24)18(32)22(23,25)10-15(13)30(29)21(27)35/h3-7,9,14-15,31H,8,10-11H2,1-2H3/t14-,15+,22+,23-/m0/s1. The number of aromatic hydroxyl groups is 1. The summed E-state index contributed by atoms with van der Waals surface area (Å²) in [6.07, 6.45) is 4.95. The van der Waals surface area contributed by atoms with Gasteiger partial charge in [0.2, 0.25) is 0 Å². The molecule has 2 aliphatic heterocycles.